The minimum atomic E-state index is 0.0359. The van der Waals surface area contributed by atoms with Gasteiger partial charge in [0.05, 0.1) is 12.1 Å². The third-order valence-electron chi connectivity index (χ3n) is 2.52. The van der Waals surface area contributed by atoms with Crippen molar-refractivity contribution < 1.29 is 9.53 Å². The molecule has 0 atom stereocenters. The van der Waals surface area contributed by atoms with E-state index >= 15 is 0 Å². The lowest BCUT2D eigenvalue weighted by molar-refractivity contribution is 0.101. The largest absolute Gasteiger partial charge is 0.497 e. The Morgan fingerprint density at radius 3 is 2.62 bits per heavy atom. The van der Waals surface area contributed by atoms with Crippen LogP contribution in [0.1, 0.15) is 17.3 Å². The monoisotopic (exact) mass is 234 g/mol. The smallest absolute Gasteiger partial charge is 0.159 e. The highest BCUT2D eigenvalue weighted by Gasteiger charge is 2.06. The first kappa shape index (κ1) is 11.0. The van der Waals surface area contributed by atoms with Crippen LogP contribution in [-0.2, 0) is 0 Å². The molecule has 82 valence electrons. The zero-order valence-corrected chi connectivity index (χ0v) is 9.84. The number of hydrogen-bond donors (Lipinski definition) is 0. The van der Waals surface area contributed by atoms with Crippen LogP contribution in [-0.4, -0.2) is 12.9 Å². The zero-order valence-electron chi connectivity index (χ0n) is 9.08. The van der Waals surface area contributed by atoms with E-state index < -0.39 is 0 Å². The summed E-state index contributed by atoms with van der Waals surface area (Å²) in [5.74, 6) is 0.752. The number of ketones is 1. The van der Waals surface area contributed by atoms with E-state index in [1.807, 2.05) is 12.1 Å². The Morgan fingerprint density at radius 1 is 1.25 bits per heavy atom. The summed E-state index contributed by atoms with van der Waals surface area (Å²) in [5.41, 5.74) is 0.666. The van der Waals surface area contributed by atoms with Crippen molar-refractivity contribution in [3.63, 3.8) is 0 Å². The first-order valence-electron chi connectivity index (χ1n) is 4.90. The van der Waals surface area contributed by atoms with Crippen LogP contribution in [0.5, 0.6) is 5.75 Å². The van der Waals surface area contributed by atoms with Gasteiger partial charge in [-0.05, 0) is 30.5 Å². The number of carbonyl (C=O) groups excluding carboxylic acids is 1. The van der Waals surface area contributed by atoms with Gasteiger partial charge in [0, 0.05) is 10.9 Å². The lowest BCUT2D eigenvalue weighted by Gasteiger charge is -2.06. The summed E-state index contributed by atoms with van der Waals surface area (Å²) >= 11 is 6.13. The maximum absolute atomic E-state index is 11.3. The van der Waals surface area contributed by atoms with E-state index in [1.54, 1.807) is 32.2 Å². The molecule has 0 saturated heterocycles. The van der Waals surface area contributed by atoms with Crippen LogP contribution in [0, 0.1) is 0 Å². The fraction of sp³-hybridized carbons (Fsp3) is 0.154. The van der Waals surface area contributed by atoms with Crippen LogP contribution in [0.4, 0.5) is 0 Å². The maximum atomic E-state index is 11.3. The van der Waals surface area contributed by atoms with Crippen LogP contribution in [0.15, 0.2) is 30.3 Å². The molecule has 0 aromatic heterocycles. The van der Waals surface area contributed by atoms with E-state index in [0.29, 0.717) is 16.3 Å². The van der Waals surface area contributed by atoms with E-state index in [-0.39, 0.29) is 5.78 Å². The second kappa shape index (κ2) is 4.14. The number of Topliss-reactive ketones (excluding diaryl/α,β-unsaturated/α-hetero) is 1. The minimum absolute atomic E-state index is 0.0359. The van der Waals surface area contributed by atoms with Gasteiger partial charge >= 0.3 is 0 Å². The van der Waals surface area contributed by atoms with E-state index in [9.17, 15) is 4.79 Å². The summed E-state index contributed by atoms with van der Waals surface area (Å²) < 4.78 is 5.13. The summed E-state index contributed by atoms with van der Waals surface area (Å²) in [5, 5.41) is 2.43. The number of benzene rings is 2. The second-order valence-corrected chi connectivity index (χ2v) is 4.01. The van der Waals surface area contributed by atoms with E-state index in [0.717, 1.165) is 10.8 Å². The van der Waals surface area contributed by atoms with Crippen LogP contribution < -0.4 is 4.74 Å². The third kappa shape index (κ3) is 1.89. The predicted molar refractivity (Wildman–Crippen MR) is 65.5 cm³/mol. The maximum Gasteiger partial charge on any atom is 0.159 e. The van der Waals surface area contributed by atoms with Gasteiger partial charge in [0.15, 0.2) is 5.78 Å². The van der Waals surface area contributed by atoms with Gasteiger partial charge < -0.3 is 4.74 Å². The standard InChI is InChI=1S/C13H11ClO2/c1-8(15)9-3-4-10-5-11(16-2)7-13(14)12(10)6-9/h3-7H,1-2H3. The number of rotatable bonds is 2. The molecule has 0 bridgehead atoms. The van der Waals surface area contributed by atoms with Gasteiger partial charge in [-0.25, -0.2) is 0 Å². The summed E-state index contributed by atoms with van der Waals surface area (Å²) in [6.45, 7) is 1.54. The first-order chi connectivity index (χ1) is 7.61. The quantitative estimate of drug-likeness (QED) is 0.741. The van der Waals surface area contributed by atoms with Gasteiger partial charge in [0.25, 0.3) is 0 Å². The minimum Gasteiger partial charge on any atom is -0.497 e. The molecule has 0 unspecified atom stereocenters. The van der Waals surface area contributed by atoms with E-state index in [2.05, 4.69) is 0 Å². The van der Waals surface area contributed by atoms with Crippen molar-refractivity contribution in [2.75, 3.05) is 7.11 Å². The lowest BCUT2D eigenvalue weighted by Crippen LogP contribution is -1.91. The molecule has 2 nitrogen and oxygen atoms in total. The predicted octanol–water partition coefficient (Wildman–Crippen LogP) is 3.70. The Balaban J connectivity index is 2.70. The van der Waals surface area contributed by atoms with Gasteiger partial charge in [-0.3, -0.25) is 4.79 Å². The molecule has 2 rings (SSSR count). The van der Waals surface area contributed by atoms with Crippen LogP contribution in [0.2, 0.25) is 5.02 Å². The van der Waals surface area contributed by atoms with Crippen molar-refractivity contribution in [3.05, 3.63) is 40.9 Å². The topological polar surface area (TPSA) is 26.3 Å². The highest BCUT2D eigenvalue weighted by Crippen LogP contribution is 2.29. The third-order valence-corrected chi connectivity index (χ3v) is 2.83. The molecular formula is C13H11ClO2. The van der Waals surface area contributed by atoms with Gasteiger partial charge in [-0.1, -0.05) is 23.7 Å². The Hall–Kier alpha value is -1.54. The Kier molecular flexibility index (Phi) is 2.84. The molecule has 0 radical (unpaired) electrons. The summed E-state index contributed by atoms with van der Waals surface area (Å²) in [6.07, 6.45) is 0. The molecule has 0 fully saturated rings. The van der Waals surface area contributed by atoms with Crippen molar-refractivity contribution in [2.24, 2.45) is 0 Å². The molecule has 0 N–H and O–H groups in total. The van der Waals surface area contributed by atoms with Crippen molar-refractivity contribution in [1.29, 1.82) is 0 Å². The average Bonchev–Trinajstić information content (AvgIpc) is 2.28. The van der Waals surface area contributed by atoms with Gasteiger partial charge in [-0.2, -0.15) is 0 Å². The molecule has 0 heterocycles. The first-order valence-corrected chi connectivity index (χ1v) is 5.28. The fourth-order valence-electron chi connectivity index (χ4n) is 1.62. The molecule has 0 amide bonds. The van der Waals surface area contributed by atoms with Crippen molar-refractivity contribution in [2.45, 2.75) is 6.92 Å². The fourth-order valence-corrected chi connectivity index (χ4v) is 1.89. The van der Waals surface area contributed by atoms with Gasteiger partial charge in [-0.15, -0.1) is 0 Å². The molecule has 16 heavy (non-hydrogen) atoms. The van der Waals surface area contributed by atoms with Crippen molar-refractivity contribution in [1.82, 2.24) is 0 Å². The zero-order chi connectivity index (χ0) is 11.7. The summed E-state index contributed by atoms with van der Waals surface area (Å²) in [4.78, 5) is 11.3. The number of carbonyl (C=O) groups is 1. The van der Waals surface area contributed by atoms with Crippen LogP contribution in [0.3, 0.4) is 0 Å². The molecule has 0 saturated carbocycles. The second-order valence-electron chi connectivity index (χ2n) is 3.60. The molecule has 0 aliphatic heterocycles. The highest BCUT2D eigenvalue weighted by molar-refractivity contribution is 6.35. The summed E-state index contributed by atoms with van der Waals surface area (Å²) in [6, 6.07) is 9.11. The normalized spacial score (nSPS) is 10.4. The lowest BCUT2D eigenvalue weighted by atomic mass is 10.0. The molecule has 0 aliphatic carbocycles. The molecular weight excluding hydrogens is 224 g/mol. The number of fused-ring (bicyclic) bond motifs is 1. The van der Waals surface area contributed by atoms with Crippen LogP contribution in [0.25, 0.3) is 10.8 Å². The summed E-state index contributed by atoms with van der Waals surface area (Å²) in [7, 11) is 1.60. The highest BCUT2D eigenvalue weighted by atomic mass is 35.5. The Labute approximate surface area is 98.8 Å². The Morgan fingerprint density at radius 2 is 2.00 bits per heavy atom. The van der Waals surface area contributed by atoms with Crippen molar-refractivity contribution in [3.8, 4) is 5.75 Å². The van der Waals surface area contributed by atoms with Gasteiger partial charge in [0.2, 0.25) is 0 Å². The van der Waals surface area contributed by atoms with Crippen molar-refractivity contribution >= 4 is 28.2 Å². The average molecular weight is 235 g/mol. The SMILES string of the molecule is COc1cc(Cl)c2cc(C(C)=O)ccc2c1. The molecule has 2 aromatic carbocycles. The molecule has 0 spiro atoms. The number of halogens is 1. The molecule has 0 aliphatic rings. The van der Waals surface area contributed by atoms with Gasteiger partial charge in [0.1, 0.15) is 5.75 Å². The molecule has 2 aromatic rings. The van der Waals surface area contributed by atoms with Crippen LogP contribution >= 0.6 is 11.6 Å². The molecule has 3 heteroatoms. The van der Waals surface area contributed by atoms with E-state index in [4.69, 9.17) is 16.3 Å². The Bertz CT molecular complexity index is 561. The number of hydrogen-bond acceptors (Lipinski definition) is 2. The number of ether oxygens (including phenoxy) is 1. The number of methoxy groups -OCH3 is 1. The van der Waals surface area contributed by atoms with E-state index in [1.165, 1.54) is 0 Å².